The Balaban J connectivity index is 1.82. The quantitative estimate of drug-likeness (QED) is 0.714. The summed E-state index contributed by atoms with van der Waals surface area (Å²) in [6.45, 7) is 0.890. The lowest BCUT2D eigenvalue weighted by Crippen LogP contribution is -2.40. The van der Waals surface area contributed by atoms with E-state index in [1.165, 1.54) is 44.9 Å². The zero-order chi connectivity index (χ0) is 9.80. The van der Waals surface area contributed by atoms with Gasteiger partial charge in [0, 0.05) is 6.61 Å². The van der Waals surface area contributed by atoms with Crippen molar-refractivity contribution in [3.63, 3.8) is 0 Å². The Kier molecular flexibility index (Phi) is 4.02. The van der Waals surface area contributed by atoms with Crippen LogP contribution >= 0.6 is 0 Å². The van der Waals surface area contributed by atoms with Crippen molar-refractivity contribution >= 4 is 9.04 Å². The third-order valence-electron chi connectivity index (χ3n) is 3.73. The Morgan fingerprint density at radius 3 is 2.29 bits per heavy atom. The van der Waals surface area contributed by atoms with Gasteiger partial charge in [-0.25, -0.2) is 0 Å². The van der Waals surface area contributed by atoms with Gasteiger partial charge in [0.15, 0.2) is 0 Å². The molecule has 1 aliphatic carbocycles. The van der Waals surface area contributed by atoms with Crippen LogP contribution in [0.4, 0.5) is 0 Å². The van der Waals surface area contributed by atoms with Gasteiger partial charge in [0.1, 0.15) is 0 Å². The van der Waals surface area contributed by atoms with E-state index in [2.05, 4.69) is 0 Å². The fourth-order valence-electron chi connectivity index (χ4n) is 2.81. The molecule has 0 radical (unpaired) electrons. The van der Waals surface area contributed by atoms with E-state index >= 15 is 0 Å². The van der Waals surface area contributed by atoms with Crippen LogP contribution in [-0.2, 0) is 4.74 Å². The Bertz CT molecular complexity index is 145. The summed E-state index contributed by atoms with van der Waals surface area (Å²) in [4.78, 5) is 10.3. The Morgan fingerprint density at radius 2 is 1.64 bits per heavy atom. The topological polar surface area (TPSA) is 29.5 Å². The molecule has 0 bridgehead atoms. The van der Waals surface area contributed by atoms with Crippen molar-refractivity contribution < 1.29 is 9.53 Å². The Morgan fingerprint density at radius 1 is 0.929 bits per heavy atom. The van der Waals surface area contributed by atoms with E-state index in [0.717, 1.165) is 13.0 Å². The van der Waals surface area contributed by atoms with Gasteiger partial charge >= 0.3 is 0 Å². The maximum absolute atomic E-state index is 10.3. The molecule has 1 heterocycles. The smallest absolute Gasteiger partial charge is 0.203 e. The highest BCUT2D eigenvalue weighted by atomic mass is 28.3. The molecule has 0 amide bonds. The van der Waals surface area contributed by atoms with Gasteiger partial charge in [-0.15, -0.1) is 0 Å². The molecule has 82 valence electrons. The van der Waals surface area contributed by atoms with Gasteiger partial charge in [-0.05, 0) is 24.8 Å². The monoisotopic (exact) mass is 214 g/mol. The van der Waals surface area contributed by atoms with E-state index in [1.807, 2.05) is 0 Å². The molecule has 3 heteroatoms. The van der Waals surface area contributed by atoms with Crippen molar-refractivity contribution in [3.8, 4) is 0 Å². The van der Waals surface area contributed by atoms with Crippen molar-refractivity contribution in [2.24, 2.45) is 0 Å². The Labute approximate surface area is 88.4 Å². The molecule has 2 aliphatic rings. The SMILES string of the molecule is O[SiH](C1CCCCC1)C1CCCCO1. The molecule has 1 saturated heterocycles. The van der Waals surface area contributed by atoms with Crippen molar-refractivity contribution in [3.05, 3.63) is 0 Å². The second-order valence-corrected chi connectivity index (χ2v) is 7.46. The molecule has 0 aromatic heterocycles. The molecule has 1 saturated carbocycles. The molecule has 2 nitrogen and oxygen atoms in total. The first-order valence-electron chi connectivity index (χ1n) is 6.17. The van der Waals surface area contributed by atoms with Crippen LogP contribution in [0.1, 0.15) is 51.4 Å². The number of hydrogen-bond donors (Lipinski definition) is 1. The standard InChI is InChI=1S/C11H22O2Si/c12-14(10-6-2-1-3-7-10)11-8-4-5-9-13-11/h10-12,14H,1-9H2. The van der Waals surface area contributed by atoms with Crippen molar-refractivity contribution in [2.75, 3.05) is 6.61 Å². The molecule has 1 aliphatic heterocycles. The number of ether oxygens (including phenoxy) is 1. The summed E-state index contributed by atoms with van der Waals surface area (Å²) in [5.74, 6) is 0. The minimum absolute atomic E-state index is 0.284. The lowest BCUT2D eigenvalue weighted by atomic mass is 10.0. The molecule has 1 N–H and O–H groups in total. The lowest BCUT2D eigenvalue weighted by Gasteiger charge is -2.32. The third-order valence-corrected chi connectivity index (χ3v) is 6.65. The molecular weight excluding hydrogens is 192 g/mol. The predicted molar refractivity (Wildman–Crippen MR) is 59.8 cm³/mol. The van der Waals surface area contributed by atoms with Gasteiger partial charge in [0.2, 0.25) is 9.04 Å². The highest BCUT2D eigenvalue weighted by Crippen LogP contribution is 2.33. The fraction of sp³-hybridized carbons (Fsp3) is 1.00. The maximum atomic E-state index is 10.3. The number of hydrogen-bond acceptors (Lipinski definition) is 2. The summed E-state index contributed by atoms with van der Waals surface area (Å²) in [6, 6.07) is 0. The average molecular weight is 214 g/mol. The highest BCUT2D eigenvalue weighted by Gasteiger charge is 2.32. The maximum Gasteiger partial charge on any atom is 0.203 e. The van der Waals surface area contributed by atoms with Gasteiger partial charge in [0.25, 0.3) is 0 Å². The van der Waals surface area contributed by atoms with Crippen LogP contribution in [0.5, 0.6) is 0 Å². The van der Waals surface area contributed by atoms with Crippen LogP contribution in [0.2, 0.25) is 5.54 Å². The largest absolute Gasteiger partial charge is 0.432 e. The summed E-state index contributed by atoms with van der Waals surface area (Å²) in [6.07, 6.45) is 10.2. The lowest BCUT2D eigenvalue weighted by molar-refractivity contribution is 0.0527. The molecule has 0 aromatic rings. The fourth-order valence-corrected chi connectivity index (χ4v) is 5.49. The van der Waals surface area contributed by atoms with E-state index in [-0.39, 0.29) is 5.73 Å². The molecule has 2 fully saturated rings. The van der Waals surface area contributed by atoms with Crippen molar-refractivity contribution in [1.29, 1.82) is 0 Å². The second kappa shape index (κ2) is 5.28. The highest BCUT2D eigenvalue weighted by molar-refractivity contribution is 6.53. The third kappa shape index (κ3) is 2.58. The predicted octanol–water partition coefficient (Wildman–Crippen LogP) is 2.15. The van der Waals surface area contributed by atoms with Gasteiger partial charge in [-0.3, -0.25) is 0 Å². The minimum atomic E-state index is -1.59. The summed E-state index contributed by atoms with van der Waals surface area (Å²) in [5, 5.41) is 0. The van der Waals surface area contributed by atoms with Crippen LogP contribution in [0.15, 0.2) is 0 Å². The van der Waals surface area contributed by atoms with Crippen LogP contribution in [0.3, 0.4) is 0 Å². The summed E-state index contributed by atoms with van der Waals surface area (Å²) in [7, 11) is -1.59. The van der Waals surface area contributed by atoms with E-state index in [1.54, 1.807) is 0 Å². The first-order valence-corrected chi connectivity index (χ1v) is 8.02. The van der Waals surface area contributed by atoms with Crippen LogP contribution in [0.25, 0.3) is 0 Å². The van der Waals surface area contributed by atoms with E-state index < -0.39 is 9.04 Å². The normalized spacial score (nSPS) is 32.8. The first-order chi connectivity index (χ1) is 6.88. The molecule has 0 spiro atoms. The van der Waals surface area contributed by atoms with Gasteiger partial charge in [-0.1, -0.05) is 32.1 Å². The zero-order valence-electron chi connectivity index (χ0n) is 8.95. The minimum Gasteiger partial charge on any atom is -0.432 e. The van der Waals surface area contributed by atoms with Crippen molar-refractivity contribution in [1.82, 2.24) is 0 Å². The summed E-state index contributed by atoms with van der Waals surface area (Å²) in [5.41, 5.74) is 0.943. The molecule has 14 heavy (non-hydrogen) atoms. The van der Waals surface area contributed by atoms with E-state index in [9.17, 15) is 4.80 Å². The van der Waals surface area contributed by atoms with E-state index in [0.29, 0.717) is 5.54 Å². The van der Waals surface area contributed by atoms with Gasteiger partial charge in [-0.2, -0.15) is 0 Å². The summed E-state index contributed by atoms with van der Waals surface area (Å²) < 4.78 is 5.70. The second-order valence-electron chi connectivity index (χ2n) is 4.79. The van der Waals surface area contributed by atoms with Gasteiger partial charge in [0.05, 0.1) is 5.73 Å². The number of rotatable bonds is 2. The average Bonchev–Trinajstić information content (AvgIpc) is 2.30. The van der Waals surface area contributed by atoms with Crippen LogP contribution in [0, 0.1) is 0 Å². The van der Waals surface area contributed by atoms with E-state index in [4.69, 9.17) is 4.74 Å². The zero-order valence-corrected chi connectivity index (χ0v) is 10.1. The molecular formula is C11H22O2Si. The van der Waals surface area contributed by atoms with Gasteiger partial charge < -0.3 is 9.53 Å². The molecule has 2 unspecified atom stereocenters. The van der Waals surface area contributed by atoms with Crippen LogP contribution in [-0.4, -0.2) is 26.2 Å². The summed E-state index contributed by atoms with van der Waals surface area (Å²) >= 11 is 0. The Hall–Kier alpha value is 0.137. The molecule has 0 aromatic carbocycles. The molecule has 2 rings (SSSR count). The van der Waals surface area contributed by atoms with Crippen molar-refractivity contribution in [2.45, 2.75) is 62.6 Å². The van der Waals surface area contributed by atoms with Crippen LogP contribution < -0.4 is 0 Å². The molecule has 2 atom stereocenters. The first kappa shape index (κ1) is 10.6.